The second-order valence-electron chi connectivity index (χ2n) is 4.91. The average molecular weight is 345 g/mol. The number of aromatic nitrogens is 2. The second kappa shape index (κ2) is 6.32. The zero-order valence-corrected chi connectivity index (χ0v) is 14.1. The van der Waals surface area contributed by atoms with Gasteiger partial charge in [-0.2, -0.15) is 0 Å². The van der Waals surface area contributed by atoms with Crippen LogP contribution in [-0.2, 0) is 0 Å². The minimum atomic E-state index is -1.08. The molecular formula is C16H15N3O4S. The van der Waals surface area contributed by atoms with Crippen molar-refractivity contribution in [3.63, 3.8) is 0 Å². The molecule has 0 amide bonds. The summed E-state index contributed by atoms with van der Waals surface area (Å²) in [4.78, 5) is 21.8. The quantitative estimate of drug-likeness (QED) is 0.760. The summed E-state index contributed by atoms with van der Waals surface area (Å²) < 4.78 is 11.1. The fourth-order valence-corrected chi connectivity index (χ4v) is 3.11. The lowest BCUT2D eigenvalue weighted by molar-refractivity contribution is 0.0693. The number of carboxylic acid groups (broad SMARTS) is 1. The van der Waals surface area contributed by atoms with E-state index >= 15 is 0 Å². The van der Waals surface area contributed by atoms with Crippen molar-refractivity contribution in [2.45, 2.75) is 0 Å². The maximum absolute atomic E-state index is 11.5. The van der Waals surface area contributed by atoms with Crippen molar-refractivity contribution in [2.75, 3.05) is 26.2 Å². The normalized spacial score (nSPS) is 10.6. The van der Waals surface area contributed by atoms with Crippen molar-refractivity contribution in [3.05, 3.63) is 35.3 Å². The van der Waals surface area contributed by atoms with Crippen molar-refractivity contribution in [3.8, 4) is 11.5 Å². The van der Waals surface area contributed by atoms with Gasteiger partial charge in [-0.3, -0.25) is 0 Å². The predicted octanol–water partition coefficient (Wildman–Crippen LogP) is 3.17. The Labute approximate surface area is 142 Å². The number of nitrogens with zero attached hydrogens (tertiary/aromatic N) is 3. The maximum atomic E-state index is 11.5. The highest BCUT2D eigenvalue weighted by Crippen LogP contribution is 2.33. The smallest absolute Gasteiger partial charge is 0.356 e. The lowest BCUT2D eigenvalue weighted by Gasteiger charge is -2.19. The molecule has 0 fully saturated rings. The molecule has 2 heterocycles. The number of methoxy groups -OCH3 is 2. The van der Waals surface area contributed by atoms with Crippen molar-refractivity contribution in [2.24, 2.45) is 0 Å². The Balaban J connectivity index is 2.08. The van der Waals surface area contributed by atoms with E-state index in [0.29, 0.717) is 27.7 Å². The highest BCUT2D eigenvalue weighted by Gasteiger charge is 2.18. The Morgan fingerprint density at radius 1 is 1.17 bits per heavy atom. The number of thiophene rings is 1. The molecule has 3 aromatic rings. The Bertz CT molecular complexity index is 909. The van der Waals surface area contributed by atoms with Crippen LogP contribution in [0, 0.1) is 0 Å². The van der Waals surface area contributed by atoms with Gasteiger partial charge in [-0.25, -0.2) is 14.8 Å². The third-order valence-electron chi connectivity index (χ3n) is 3.55. The molecule has 0 aliphatic heterocycles. The number of carboxylic acids is 1. The van der Waals surface area contributed by atoms with Crippen LogP contribution in [0.15, 0.2) is 29.6 Å². The van der Waals surface area contributed by atoms with Crippen LogP contribution in [0.3, 0.4) is 0 Å². The summed E-state index contributed by atoms with van der Waals surface area (Å²) in [7, 11) is 4.88. The van der Waals surface area contributed by atoms with E-state index in [-0.39, 0.29) is 5.69 Å². The highest BCUT2D eigenvalue weighted by molar-refractivity contribution is 7.17. The number of fused-ring (bicyclic) bond motifs is 1. The van der Waals surface area contributed by atoms with E-state index < -0.39 is 5.97 Å². The van der Waals surface area contributed by atoms with Gasteiger partial charge >= 0.3 is 5.97 Å². The summed E-state index contributed by atoms with van der Waals surface area (Å²) in [6, 6.07) is 7.15. The van der Waals surface area contributed by atoms with Gasteiger partial charge < -0.3 is 19.5 Å². The summed E-state index contributed by atoms with van der Waals surface area (Å²) in [6.07, 6.45) is 0. The Hall–Kier alpha value is -2.87. The zero-order chi connectivity index (χ0) is 17.3. The molecule has 7 nitrogen and oxygen atoms in total. The molecule has 0 radical (unpaired) electrons. The number of hydrogen-bond donors (Lipinski definition) is 1. The third-order valence-corrected chi connectivity index (χ3v) is 4.46. The molecule has 0 spiro atoms. The summed E-state index contributed by atoms with van der Waals surface area (Å²) in [6.45, 7) is 0. The van der Waals surface area contributed by atoms with E-state index in [9.17, 15) is 9.90 Å². The Kier molecular flexibility index (Phi) is 4.22. The molecule has 2 aromatic heterocycles. The van der Waals surface area contributed by atoms with Gasteiger partial charge in [0.05, 0.1) is 24.4 Å². The molecule has 124 valence electrons. The van der Waals surface area contributed by atoms with E-state index in [0.717, 1.165) is 5.69 Å². The van der Waals surface area contributed by atoms with Crippen LogP contribution in [0.1, 0.15) is 10.5 Å². The van der Waals surface area contributed by atoms with Gasteiger partial charge in [-0.15, -0.1) is 11.3 Å². The molecule has 0 atom stereocenters. The second-order valence-corrected chi connectivity index (χ2v) is 5.83. The van der Waals surface area contributed by atoms with Gasteiger partial charge in [0.15, 0.2) is 17.2 Å². The number of rotatable bonds is 5. The van der Waals surface area contributed by atoms with Gasteiger partial charge in [0.25, 0.3) is 0 Å². The monoisotopic (exact) mass is 345 g/mol. The Morgan fingerprint density at radius 3 is 2.58 bits per heavy atom. The van der Waals surface area contributed by atoms with Crippen LogP contribution < -0.4 is 14.4 Å². The first-order valence-electron chi connectivity index (χ1n) is 6.99. The van der Waals surface area contributed by atoms with Crippen LogP contribution in [0.4, 0.5) is 11.6 Å². The topological polar surface area (TPSA) is 84.8 Å². The number of aromatic carboxylic acids is 1. The van der Waals surface area contributed by atoms with Gasteiger partial charge in [0.2, 0.25) is 5.95 Å². The Morgan fingerprint density at radius 2 is 1.92 bits per heavy atom. The third kappa shape index (κ3) is 2.71. The molecule has 1 aromatic carbocycles. The first kappa shape index (κ1) is 16.0. The molecule has 0 unspecified atom stereocenters. The first-order valence-corrected chi connectivity index (χ1v) is 7.87. The summed E-state index contributed by atoms with van der Waals surface area (Å²) in [5.74, 6) is 0.393. The lowest BCUT2D eigenvalue weighted by Crippen LogP contribution is -2.15. The van der Waals surface area contributed by atoms with Crippen LogP contribution in [0.5, 0.6) is 11.5 Å². The SMILES string of the molecule is COc1ccc(N(C)c2nc(C(=O)O)c3sccc3n2)cc1OC. The lowest BCUT2D eigenvalue weighted by atomic mass is 10.2. The largest absolute Gasteiger partial charge is 0.493 e. The van der Waals surface area contributed by atoms with Crippen LogP contribution >= 0.6 is 11.3 Å². The fourth-order valence-electron chi connectivity index (χ4n) is 2.30. The van der Waals surface area contributed by atoms with Crippen molar-refractivity contribution < 1.29 is 19.4 Å². The van der Waals surface area contributed by atoms with Gasteiger partial charge in [-0.05, 0) is 23.6 Å². The van der Waals surface area contributed by atoms with Crippen molar-refractivity contribution >= 4 is 39.2 Å². The molecule has 0 saturated heterocycles. The van der Waals surface area contributed by atoms with Crippen LogP contribution in [-0.4, -0.2) is 42.3 Å². The molecule has 1 N–H and O–H groups in total. The predicted molar refractivity (Wildman–Crippen MR) is 92.0 cm³/mol. The highest BCUT2D eigenvalue weighted by atomic mass is 32.1. The number of hydrogen-bond acceptors (Lipinski definition) is 7. The minimum Gasteiger partial charge on any atom is -0.493 e. The molecule has 24 heavy (non-hydrogen) atoms. The van der Waals surface area contributed by atoms with Gasteiger partial charge in [0.1, 0.15) is 0 Å². The van der Waals surface area contributed by atoms with E-state index in [1.807, 2.05) is 6.07 Å². The van der Waals surface area contributed by atoms with Crippen molar-refractivity contribution in [1.82, 2.24) is 9.97 Å². The molecule has 0 aliphatic carbocycles. The van der Waals surface area contributed by atoms with E-state index in [1.54, 1.807) is 49.7 Å². The van der Waals surface area contributed by atoms with Crippen molar-refractivity contribution in [1.29, 1.82) is 0 Å². The van der Waals surface area contributed by atoms with E-state index in [2.05, 4.69) is 9.97 Å². The minimum absolute atomic E-state index is 0.00248. The molecular weight excluding hydrogens is 330 g/mol. The summed E-state index contributed by atoms with van der Waals surface area (Å²) >= 11 is 1.31. The van der Waals surface area contributed by atoms with Gasteiger partial charge in [-0.1, -0.05) is 0 Å². The fraction of sp³-hybridized carbons (Fsp3) is 0.188. The summed E-state index contributed by atoms with van der Waals surface area (Å²) in [5, 5.41) is 11.2. The number of carbonyl (C=O) groups is 1. The van der Waals surface area contributed by atoms with Crippen LogP contribution in [0.25, 0.3) is 10.2 Å². The number of ether oxygens (including phenoxy) is 2. The molecule has 0 aliphatic rings. The molecule has 0 saturated carbocycles. The first-order chi connectivity index (χ1) is 11.5. The number of benzene rings is 1. The number of anilines is 2. The molecule has 0 bridgehead atoms. The van der Waals surface area contributed by atoms with Crippen LogP contribution in [0.2, 0.25) is 0 Å². The van der Waals surface area contributed by atoms with Gasteiger partial charge in [0, 0.05) is 18.8 Å². The zero-order valence-electron chi connectivity index (χ0n) is 13.3. The molecule has 8 heteroatoms. The van der Waals surface area contributed by atoms with E-state index in [4.69, 9.17) is 9.47 Å². The standard InChI is InChI=1S/C16H15N3O4S/c1-19(9-4-5-11(22-2)12(8-9)23-3)16-17-10-6-7-24-14(10)13(18-16)15(20)21/h4-8H,1-3H3,(H,20,21). The average Bonchev–Trinajstić information content (AvgIpc) is 3.07. The molecule has 3 rings (SSSR count). The van der Waals surface area contributed by atoms with E-state index in [1.165, 1.54) is 11.3 Å². The maximum Gasteiger partial charge on any atom is 0.356 e. The summed E-state index contributed by atoms with van der Waals surface area (Å²) in [5.41, 5.74) is 1.35.